The van der Waals surface area contributed by atoms with Crippen molar-refractivity contribution < 1.29 is 9.32 Å². The van der Waals surface area contributed by atoms with Gasteiger partial charge < -0.3 is 9.42 Å². The van der Waals surface area contributed by atoms with Crippen molar-refractivity contribution in [2.45, 2.75) is 25.8 Å². The van der Waals surface area contributed by atoms with Gasteiger partial charge in [0, 0.05) is 30.6 Å². The van der Waals surface area contributed by atoms with Crippen LogP contribution in [0.25, 0.3) is 11.4 Å². The summed E-state index contributed by atoms with van der Waals surface area (Å²) in [4.78, 5) is 23.4. The highest BCUT2D eigenvalue weighted by Gasteiger charge is 2.32. The molecule has 1 aliphatic heterocycles. The summed E-state index contributed by atoms with van der Waals surface area (Å²) in [5.41, 5.74) is 2.23. The lowest BCUT2D eigenvalue weighted by molar-refractivity contribution is 0.0730. The predicted octanol–water partition coefficient (Wildman–Crippen LogP) is 3.42. The Kier molecular flexibility index (Phi) is 4.01. The molecule has 1 saturated heterocycles. The van der Waals surface area contributed by atoms with E-state index in [4.69, 9.17) is 4.52 Å². The first-order valence-corrected chi connectivity index (χ1v) is 8.34. The minimum atomic E-state index is -0.0669. The van der Waals surface area contributed by atoms with Gasteiger partial charge in [-0.2, -0.15) is 0 Å². The number of likely N-dealkylation sites (tertiary alicyclic amines) is 1. The lowest BCUT2D eigenvalue weighted by Crippen LogP contribution is -2.31. The molecule has 0 saturated carbocycles. The predicted molar refractivity (Wildman–Crippen MR) is 91.7 cm³/mol. The molecule has 1 atom stereocenters. The summed E-state index contributed by atoms with van der Waals surface area (Å²) in [5.74, 6) is 1.30. The lowest BCUT2D eigenvalue weighted by atomic mass is 10.1. The minimum Gasteiger partial charge on any atom is -0.361 e. The Morgan fingerprint density at radius 1 is 1.20 bits per heavy atom. The summed E-state index contributed by atoms with van der Waals surface area (Å²) < 4.78 is 5.16. The van der Waals surface area contributed by atoms with Gasteiger partial charge in [0.15, 0.2) is 5.82 Å². The van der Waals surface area contributed by atoms with E-state index < -0.39 is 0 Å². The maximum atomic E-state index is 12.9. The summed E-state index contributed by atoms with van der Waals surface area (Å²) in [6.07, 6.45) is 5.04. The Morgan fingerprint density at radius 3 is 2.64 bits per heavy atom. The monoisotopic (exact) mass is 334 g/mol. The Morgan fingerprint density at radius 2 is 1.96 bits per heavy atom. The van der Waals surface area contributed by atoms with Crippen molar-refractivity contribution in [3.8, 4) is 11.4 Å². The van der Waals surface area contributed by atoms with Gasteiger partial charge in [-0.3, -0.25) is 4.79 Å². The van der Waals surface area contributed by atoms with Crippen molar-refractivity contribution in [2.75, 3.05) is 6.54 Å². The molecule has 3 heterocycles. The Bertz CT molecular complexity index is 874. The number of aryl methyl sites for hydroxylation is 1. The van der Waals surface area contributed by atoms with Crippen LogP contribution in [0, 0.1) is 6.92 Å². The first-order chi connectivity index (χ1) is 12.2. The van der Waals surface area contributed by atoms with Gasteiger partial charge >= 0.3 is 0 Å². The van der Waals surface area contributed by atoms with E-state index in [0.717, 1.165) is 29.9 Å². The normalized spacial score (nSPS) is 17.0. The van der Waals surface area contributed by atoms with Gasteiger partial charge in [0.1, 0.15) is 11.5 Å². The molecule has 0 N–H and O–H groups in total. The molecule has 3 aromatic rings. The first-order valence-electron chi connectivity index (χ1n) is 8.34. The largest absolute Gasteiger partial charge is 0.361 e. The third-order valence-electron chi connectivity index (χ3n) is 4.43. The van der Waals surface area contributed by atoms with Gasteiger partial charge in [-0.1, -0.05) is 35.5 Å². The molecule has 2 aromatic heterocycles. The highest BCUT2D eigenvalue weighted by Crippen LogP contribution is 2.32. The standard InChI is InChI=1S/C19H18N4O2/c1-13-10-16(22-25-13)17-8-5-9-23(17)19(24)15-11-20-18(21-12-15)14-6-3-2-4-7-14/h2-4,6-7,10-12,17H,5,8-9H2,1H3/t17-/m0/s1. The van der Waals surface area contributed by atoms with Gasteiger partial charge in [0.25, 0.3) is 5.91 Å². The molecular formula is C19H18N4O2. The molecule has 126 valence electrons. The highest BCUT2D eigenvalue weighted by atomic mass is 16.5. The van der Waals surface area contributed by atoms with Crippen LogP contribution in [0.5, 0.6) is 0 Å². The van der Waals surface area contributed by atoms with Gasteiger partial charge in [-0.25, -0.2) is 9.97 Å². The van der Waals surface area contributed by atoms with Crippen LogP contribution in [-0.4, -0.2) is 32.5 Å². The van der Waals surface area contributed by atoms with Crippen LogP contribution in [0.1, 0.15) is 40.7 Å². The third kappa shape index (κ3) is 3.03. The van der Waals surface area contributed by atoms with Crippen LogP contribution in [0.3, 0.4) is 0 Å². The van der Waals surface area contributed by atoms with E-state index >= 15 is 0 Å². The van der Waals surface area contributed by atoms with Crippen LogP contribution in [0.15, 0.2) is 53.3 Å². The molecule has 6 nitrogen and oxygen atoms in total. The molecule has 1 aromatic carbocycles. The molecule has 1 amide bonds. The van der Waals surface area contributed by atoms with Crippen molar-refractivity contribution in [3.63, 3.8) is 0 Å². The molecule has 4 rings (SSSR count). The molecule has 1 aliphatic rings. The van der Waals surface area contributed by atoms with Crippen molar-refractivity contribution in [1.82, 2.24) is 20.0 Å². The zero-order valence-corrected chi connectivity index (χ0v) is 13.9. The fourth-order valence-electron chi connectivity index (χ4n) is 3.20. The first kappa shape index (κ1) is 15.5. The summed E-state index contributed by atoms with van der Waals surface area (Å²) >= 11 is 0. The molecule has 0 aliphatic carbocycles. The topological polar surface area (TPSA) is 72.1 Å². The average molecular weight is 334 g/mol. The van der Waals surface area contributed by atoms with Crippen LogP contribution in [0.2, 0.25) is 0 Å². The van der Waals surface area contributed by atoms with Gasteiger partial charge in [-0.05, 0) is 19.8 Å². The maximum Gasteiger partial charge on any atom is 0.257 e. The Balaban J connectivity index is 1.56. The highest BCUT2D eigenvalue weighted by molar-refractivity contribution is 5.94. The molecule has 0 unspecified atom stereocenters. The van der Waals surface area contributed by atoms with Crippen LogP contribution in [0.4, 0.5) is 0 Å². The molecule has 0 spiro atoms. The van der Waals surface area contributed by atoms with E-state index in [1.165, 1.54) is 0 Å². The SMILES string of the molecule is Cc1cc([C@@H]2CCCN2C(=O)c2cnc(-c3ccccc3)nc2)no1. The summed E-state index contributed by atoms with van der Waals surface area (Å²) in [6.45, 7) is 2.56. The molecule has 0 bridgehead atoms. The maximum absolute atomic E-state index is 12.9. The van der Waals surface area contributed by atoms with Crippen LogP contribution < -0.4 is 0 Å². The molecular weight excluding hydrogens is 316 g/mol. The quantitative estimate of drug-likeness (QED) is 0.734. The molecule has 1 fully saturated rings. The van der Waals surface area contributed by atoms with Gasteiger partial charge in [0.05, 0.1) is 11.6 Å². The number of hydrogen-bond donors (Lipinski definition) is 0. The number of hydrogen-bond acceptors (Lipinski definition) is 5. The average Bonchev–Trinajstić information content (AvgIpc) is 3.31. The fourth-order valence-corrected chi connectivity index (χ4v) is 3.20. The van der Waals surface area contributed by atoms with E-state index in [2.05, 4.69) is 15.1 Å². The Labute approximate surface area is 145 Å². The lowest BCUT2D eigenvalue weighted by Gasteiger charge is -2.22. The number of rotatable bonds is 3. The minimum absolute atomic E-state index is 0.0428. The molecule has 0 radical (unpaired) electrons. The smallest absolute Gasteiger partial charge is 0.257 e. The van der Waals surface area contributed by atoms with Crippen LogP contribution in [-0.2, 0) is 0 Å². The van der Waals surface area contributed by atoms with E-state index in [1.54, 1.807) is 12.4 Å². The second-order valence-electron chi connectivity index (χ2n) is 6.18. The summed E-state index contributed by atoms with van der Waals surface area (Å²) in [6, 6.07) is 11.6. The summed E-state index contributed by atoms with van der Waals surface area (Å²) in [7, 11) is 0. The molecule has 25 heavy (non-hydrogen) atoms. The number of carbonyl (C=O) groups is 1. The van der Waals surface area contributed by atoms with Gasteiger partial charge in [-0.15, -0.1) is 0 Å². The zero-order valence-electron chi connectivity index (χ0n) is 13.9. The van der Waals surface area contributed by atoms with Gasteiger partial charge in [0.2, 0.25) is 0 Å². The van der Waals surface area contributed by atoms with E-state index in [0.29, 0.717) is 17.9 Å². The number of aromatic nitrogens is 3. The van der Waals surface area contributed by atoms with Crippen LogP contribution >= 0.6 is 0 Å². The third-order valence-corrected chi connectivity index (χ3v) is 4.43. The van der Waals surface area contributed by atoms with E-state index in [9.17, 15) is 4.79 Å². The van der Waals surface area contributed by atoms with Crippen molar-refractivity contribution >= 4 is 5.91 Å². The second kappa shape index (κ2) is 6.47. The van der Waals surface area contributed by atoms with Crippen molar-refractivity contribution in [2.24, 2.45) is 0 Å². The zero-order chi connectivity index (χ0) is 17.2. The number of nitrogens with zero attached hydrogens (tertiary/aromatic N) is 4. The number of carbonyl (C=O) groups excluding carboxylic acids is 1. The van der Waals surface area contributed by atoms with E-state index in [-0.39, 0.29) is 11.9 Å². The molecule has 6 heteroatoms. The van der Waals surface area contributed by atoms with E-state index in [1.807, 2.05) is 48.2 Å². The number of benzene rings is 1. The Hall–Kier alpha value is -3.02. The number of amides is 1. The van der Waals surface area contributed by atoms with Crippen molar-refractivity contribution in [1.29, 1.82) is 0 Å². The fraction of sp³-hybridized carbons (Fsp3) is 0.263. The second-order valence-corrected chi connectivity index (χ2v) is 6.18. The summed E-state index contributed by atoms with van der Waals surface area (Å²) in [5, 5.41) is 4.08. The van der Waals surface area contributed by atoms with Crippen molar-refractivity contribution in [3.05, 3.63) is 65.8 Å².